The second-order valence-electron chi connectivity index (χ2n) is 4.71. The van der Waals surface area contributed by atoms with Crippen molar-refractivity contribution in [2.24, 2.45) is 0 Å². The van der Waals surface area contributed by atoms with Crippen LogP contribution in [0.2, 0.25) is 0 Å². The lowest BCUT2D eigenvalue weighted by atomic mass is 10.1. The van der Waals surface area contributed by atoms with Crippen molar-refractivity contribution < 1.29 is 14.6 Å². The minimum Gasteiger partial charge on any atom is -0.480 e. The molecule has 3 atom stereocenters. The summed E-state index contributed by atoms with van der Waals surface area (Å²) in [5.41, 5.74) is 0. The number of aliphatic carboxylic acids is 1. The van der Waals surface area contributed by atoms with Crippen LogP contribution in [0.1, 0.15) is 40.0 Å². The van der Waals surface area contributed by atoms with Gasteiger partial charge in [0.1, 0.15) is 6.04 Å². The minimum atomic E-state index is -0.699. The second-order valence-corrected chi connectivity index (χ2v) is 4.71. The molecule has 1 N–H and O–H groups in total. The van der Waals surface area contributed by atoms with Gasteiger partial charge in [-0.15, -0.1) is 0 Å². The van der Waals surface area contributed by atoms with Crippen molar-refractivity contribution in [2.75, 3.05) is 13.1 Å². The lowest BCUT2D eigenvalue weighted by Gasteiger charge is -2.38. The average Bonchev–Trinajstić information content (AvgIpc) is 2.16. The molecule has 1 heterocycles. The van der Waals surface area contributed by atoms with Gasteiger partial charge in [0.05, 0.1) is 12.2 Å². The molecular formula is C12H23NO3. The van der Waals surface area contributed by atoms with Crippen LogP contribution in [0.15, 0.2) is 0 Å². The van der Waals surface area contributed by atoms with Crippen molar-refractivity contribution in [3.63, 3.8) is 0 Å². The number of carboxylic acids is 1. The molecule has 1 unspecified atom stereocenters. The van der Waals surface area contributed by atoms with Crippen molar-refractivity contribution in [3.05, 3.63) is 0 Å². The number of rotatable bonds is 5. The fourth-order valence-electron chi connectivity index (χ4n) is 2.33. The Morgan fingerprint density at radius 3 is 2.44 bits per heavy atom. The van der Waals surface area contributed by atoms with E-state index in [0.717, 1.165) is 32.4 Å². The smallest absolute Gasteiger partial charge is 0.320 e. The third kappa shape index (κ3) is 3.76. The maximum Gasteiger partial charge on any atom is 0.320 e. The SMILES string of the molecule is CCCCC(C(=O)O)N1C[C@@H](C)O[C@@H](C)C1. The first-order valence-corrected chi connectivity index (χ1v) is 6.17. The predicted molar refractivity (Wildman–Crippen MR) is 62.5 cm³/mol. The lowest BCUT2D eigenvalue weighted by Crippen LogP contribution is -2.52. The molecule has 16 heavy (non-hydrogen) atoms. The van der Waals surface area contributed by atoms with Crippen LogP contribution in [0.3, 0.4) is 0 Å². The first-order valence-electron chi connectivity index (χ1n) is 6.17. The number of morpholine rings is 1. The molecule has 4 nitrogen and oxygen atoms in total. The predicted octanol–water partition coefficient (Wildman–Crippen LogP) is 1.74. The molecule has 94 valence electrons. The molecule has 0 saturated carbocycles. The van der Waals surface area contributed by atoms with Crippen LogP contribution in [-0.2, 0) is 9.53 Å². The van der Waals surface area contributed by atoms with E-state index in [1.54, 1.807) is 0 Å². The van der Waals surface area contributed by atoms with E-state index in [-0.39, 0.29) is 18.2 Å². The normalized spacial score (nSPS) is 28.9. The fourth-order valence-corrected chi connectivity index (χ4v) is 2.33. The Bertz CT molecular complexity index is 222. The van der Waals surface area contributed by atoms with E-state index < -0.39 is 5.97 Å². The van der Waals surface area contributed by atoms with Gasteiger partial charge >= 0.3 is 5.97 Å². The van der Waals surface area contributed by atoms with Crippen molar-refractivity contribution in [3.8, 4) is 0 Å². The van der Waals surface area contributed by atoms with Gasteiger partial charge in [-0.2, -0.15) is 0 Å². The summed E-state index contributed by atoms with van der Waals surface area (Å²) < 4.78 is 5.62. The van der Waals surface area contributed by atoms with E-state index in [9.17, 15) is 9.90 Å². The molecule has 0 aromatic rings. The Hall–Kier alpha value is -0.610. The van der Waals surface area contributed by atoms with Gasteiger partial charge in [0.25, 0.3) is 0 Å². The highest BCUT2D eigenvalue weighted by molar-refractivity contribution is 5.73. The largest absolute Gasteiger partial charge is 0.480 e. The molecule has 1 aliphatic heterocycles. The van der Waals surface area contributed by atoms with Crippen molar-refractivity contribution >= 4 is 5.97 Å². The van der Waals surface area contributed by atoms with Crippen LogP contribution in [0.4, 0.5) is 0 Å². The van der Waals surface area contributed by atoms with Crippen molar-refractivity contribution in [2.45, 2.75) is 58.3 Å². The zero-order valence-electron chi connectivity index (χ0n) is 10.5. The summed E-state index contributed by atoms with van der Waals surface area (Å²) in [5, 5.41) is 9.24. The van der Waals surface area contributed by atoms with Gasteiger partial charge in [-0.05, 0) is 20.3 Å². The highest BCUT2D eigenvalue weighted by Gasteiger charge is 2.31. The van der Waals surface area contributed by atoms with Crippen molar-refractivity contribution in [1.82, 2.24) is 4.90 Å². The van der Waals surface area contributed by atoms with Gasteiger partial charge < -0.3 is 9.84 Å². The summed E-state index contributed by atoms with van der Waals surface area (Å²) in [4.78, 5) is 13.3. The molecule has 0 aromatic carbocycles. The molecule has 1 aliphatic rings. The number of carbonyl (C=O) groups is 1. The van der Waals surface area contributed by atoms with Crippen molar-refractivity contribution in [1.29, 1.82) is 0 Å². The lowest BCUT2D eigenvalue weighted by molar-refractivity contribution is -0.149. The van der Waals surface area contributed by atoms with E-state index in [1.165, 1.54) is 0 Å². The molecule has 1 fully saturated rings. The zero-order valence-corrected chi connectivity index (χ0v) is 10.5. The minimum absolute atomic E-state index is 0.132. The third-order valence-electron chi connectivity index (χ3n) is 3.00. The molecule has 1 rings (SSSR count). The maximum absolute atomic E-state index is 11.2. The summed E-state index contributed by atoms with van der Waals surface area (Å²) >= 11 is 0. The number of unbranched alkanes of at least 4 members (excludes halogenated alkanes) is 1. The summed E-state index contributed by atoms with van der Waals surface area (Å²) in [7, 11) is 0. The standard InChI is InChI=1S/C12H23NO3/c1-4-5-6-11(12(14)15)13-7-9(2)16-10(3)8-13/h9-11H,4-8H2,1-3H3,(H,14,15)/t9-,10+,11?. The molecule has 0 amide bonds. The molecule has 0 bridgehead atoms. The Balaban J connectivity index is 2.58. The summed E-state index contributed by atoms with van der Waals surface area (Å²) in [6.07, 6.45) is 3.01. The number of hydrogen-bond donors (Lipinski definition) is 1. The maximum atomic E-state index is 11.2. The fraction of sp³-hybridized carbons (Fsp3) is 0.917. The van der Waals surface area contributed by atoms with Crippen LogP contribution in [0.5, 0.6) is 0 Å². The van der Waals surface area contributed by atoms with Gasteiger partial charge in [-0.1, -0.05) is 19.8 Å². The second kappa shape index (κ2) is 6.21. The van der Waals surface area contributed by atoms with E-state index in [4.69, 9.17) is 4.74 Å². The van der Waals surface area contributed by atoms with Crippen LogP contribution in [-0.4, -0.2) is 47.3 Å². The number of hydrogen-bond acceptors (Lipinski definition) is 3. The van der Waals surface area contributed by atoms with E-state index >= 15 is 0 Å². The Morgan fingerprint density at radius 1 is 1.44 bits per heavy atom. The molecular weight excluding hydrogens is 206 g/mol. The summed E-state index contributed by atoms with van der Waals surface area (Å²) in [5.74, 6) is -0.699. The van der Waals surface area contributed by atoms with Gasteiger partial charge in [0.2, 0.25) is 0 Å². The van der Waals surface area contributed by atoms with Gasteiger partial charge in [0, 0.05) is 13.1 Å². The topological polar surface area (TPSA) is 49.8 Å². The average molecular weight is 229 g/mol. The zero-order chi connectivity index (χ0) is 12.1. The van der Waals surface area contributed by atoms with Crippen LogP contribution in [0.25, 0.3) is 0 Å². The highest BCUT2D eigenvalue weighted by atomic mass is 16.5. The first kappa shape index (κ1) is 13.5. The quantitative estimate of drug-likeness (QED) is 0.780. The van der Waals surface area contributed by atoms with Gasteiger partial charge in [-0.25, -0.2) is 0 Å². The summed E-state index contributed by atoms with van der Waals surface area (Å²) in [6, 6.07) is -0.339. The number of carboxylic acid groups (broad SMARTS) is 1. The van der Waals surface area contributed by atoms with E-state index in [1.807, 2.05) is 13.8 Å². The molecule has 0 aromatic heterocycles. The molecule has 0 spiro atoms. The molecule has 0 radical (unpaired) electrons. The monoisotopic (exact) mass is 229 g/mol. The Labute approximate surface area is 97.6 Å². The van der Waals surface area contributed by atoms with Crippen LogP contribution >= 0.6 is 0 Å². The Morgan fingerprint density at radius 2 is 2.00 bits per heavy atom. The van der Waals surface area contributed by atoms with E-state index in [0.29, 0.717) is 0 Å². The molecule has 1 saturated heterocycles. The molecule has 4 heteroatoms. The molecule has 0 aliphatic carbocycles. The van der Waals surface area contributed by atoms with Crippen LogP contribution in [0, 0.1) is 0 Å². The van der Waals surface area contributed by atoms with Gasteiger partial charge in [-0.3, -0.25) is 9.69 Å². The third-order valence-corrected chi connectivity index (χ3v) is 3.00. The summed E-state index contributed by atoms with van der Waals surface area (Å²) in [6.45, 7) is 7.54. The number of nitrogens with zero attached hydrogens (tertiary/aromatic N) is 1. The van der Waals surface area contributed by atoms with Crippen LogP contribution < -0.4 is 0 Å². The highest BCUT2D eigenvalue weighted by Crippen LogP contribution is 2.17. The van der Waals surface area contributed by atoms with Gasteiger partial charge in [0.15, 0.2) is 0 Å². The first-order chi connectivity index (χ1) is 7.54. The van der Waals surface area contributed by atoms with E-state index in [2.05, 4.69) is 11.8 Å². The Kier molecular flexibility index (Phi) is 5.22. The number of ether oxygens (including phenoxy) is 1.